The van der Waals surface area contributed by atoms with E-state index in [0.29, 0.717) is 6.42 Å². The molecule has 0 saturated heterocycles. The zero-order chi connectivity index (χ0) is 14.0. The monoisotopic (exact) mass is 276 g/mol. The third-order valence-corrected chi connectivity index (χ3v) is 2.44. The quantitative estimate of drug-likeness (QED) is 0.486. The van der Waals surface area contributed by atoms with Gasteiger partial charge in [0.25, 0.3) is 0 Å². The predicted octanol–water partition coefficient (Wildman–Crippen LogP) is 1.75. The van der Waals surface area contributed by atoms with Crippen molar-refractivity contribution in [2.75, 3.05) is 6.61 Å². The fourth-order valence-corrected chi connectivity index (χ4v) is 1.36. The number of nitrogens with zero attached hydrogens (tertiary/aromatic N) is 2. The summed E-state index contributed by atoms with van der Waals surface area (Å²) >= 11 is 0. The summed E-state index contributed by atoms with van der Waals surface area (Å²) in [6, 6.07) is 0. The van der Waals surface area contributed by atoms with Crippen LogP contribution in [0.5, 0.6) is 0 Å². The third kappa shape index (κ3) is 8.91. The lowest BCUT2D eigenvalue weighted by Crippen LogP contribution is -2.04. The van der Waals surface area contributed by atoms with Gasteiger partial charge in [0.1, 0.15) is 5.82 Å². The SMILES string of the molecule is C=CCc1nccn1C.CCCCOS(=O)(=O)O. The smallest absolute Gasteiger partial charge is 0.338 e. The molecule has 1 heterocycles. The Balaban J connectivity index is 0.000000321. The minimum Gasteiger partial charge on any atom is -0.338 e. The Labute approximate surface area is 108 Å². The number of unbranched alkanes of at least 4 members (excludes halogenated alkanes) is 1. The molecule has 6 nitrogen and oxygen atoms in total. The van der Waals surface area contributed by atoms with Crippen LogP contribution in [0.3, 0.4) is 0 Å². The fraction of sp³-hybridized carbons (Fsp3) is 0.545. The van der Waals surface area contributed by atoms with Crippen molar-refractivity contribution in [3.8, 4) is 0 Å². The van der Waals surface area contributed by atoms with Crippen LogP contribution in [-0.4, -0.2) is 29.1 Å². The molecule has 1 aromatic heterocycles. The molecule has 0 aliphatic carbocycles. The van der Waals surface area contributed by atoms with Crippen LogP contribution in [0.15, 0.2) is 25.0 Å². The van der Waals surface area contributed by atoms with Crippen LogP contribution < -0.4 is 0 Å². The van der Waals surface area contributed by atoms with Gasteiger partial charge in [-0.05, 0) is 6.42 Å². The molecule has 0 atom stereocenters. The zero-order valence-electron chi connectivity index (χ0n) is 10.7. The van der Waals surface area contributed by atoms with Crippen LogP contribution >= 0.6 is 0 Å². The van der Waals surface area contributed by atoms with E-state index in [2.05, 4.69) is 15.7 Å². The predicted molar refractivity (Wildman–Crippen MR) is 69.5 cm³/mol. The van der Waals surface area contributed by atoms with Crippen LogP contribution in [0.25, 0.3) is 0 Å². The minimum atomic E-state index is -4.20. The standard InChI is InChI=1S/C7H10N2.C4H10O4S/c1-3-4-7-8-5-6-9(7)2;1-2-3-4-8-9(5,6)7/h3,5-6H,1,4H2,2H3;2-4H2,1H3,(H,5,6,7). The Bertz CT molecular complexity index is 440. The minimum absolute atomic E-state index is 0.0648. The fourth-order valence-electron chi connectivity index (χ4n) is 1.03. The van der Waals surface area contributed by atoms with E-state index >= 15 is 0 Å². The molecule has 0 fully saturated rings. The van der Waals surface area contributed by atoms with Gasteiger partial charge >= 0.3 is 10.4 Å². The van der Waals surface area contributed by atoms with Crippen molar-refractivity contribution >= 4 is 10.4 Å². The van der Waals surface area contributed by atoms with E-state index < -0.39 is 10.4 Å². The molecular weight excluding hydrogens is 256 g/mol. The molecule has 1 rings (SSSR count). The number of allylic oxidation sites excluding steroid dienone is 1. The van der Waals surface area contributed by atoms with Crippen LogP contribution in [0.1, 0.15) is 25.6 Å². The number of rotatable bonds is 6. The molecule has 0 radical (unpaired) electrons. The van der Waals surface area contributed by atoms with Crippen molar-refractivity contribution in [2.45, 2.75) is 26.2 Å². The maximum atomic E-state index is 9.84. The Morgan fingerprint density at radius 1 is 1.61 bits per heavy atom. The van der Waals surface area contributed by atoms with Gasteiger partial charge in [0.05, 0.1) is 6.61 Å². The topological polar surface area (TPSA) is 81.4 Å². The van der Waals surface area contributed by atoms with Gasteiger partial charge < -0.3 is 4.57 Å². The summed E-state index contributed by atoms with van der Waals surface area (Å²) in [4.78, 5) is 4.10. The van der Waals surface area contributed by atoms with E-state index in [1.165, 1.54) is 0 Å². The van der Waals surface area contributed by atoms with Crippen molar-refractivity contribution in [1.29, 1.82) is 0 Å². The molecular formula is C11H20N2O4S. The van der Waals surface area contributed by atoms with E-state index in [1.807, 2.05) is 30.8 Å². The number of hydrogen-bond donors (Lipinski definition) is 1. The average Bonchev–Trinajstić information content (AvgIpc) is 2.65. The number of aromatic nitrogens is 2. The number of aryl methyl sites for hydroxylation is 1. The lowest BCUT2D eigenvalue weighted by atomic mass is 10.4. The third-order valence-electron chi connectivity index (χ3n) is 1.98. The summed E-state index contributed by atoms with van der Waals surface area (Å²) in [6.45, 7) is 5.58. The van der Waals surface area contributed by atoms with Gasteiger partial charge in [-0.2, -0.15) is 8.42 Å². The molecule has 7 heteroatoms. The van der Waals surface area contributed by atoms with Gasteiger partial charge in [-0.15, -0.1) is 6.58 Å². The molecule has 18 heavy (non-hydrogen) atoms. The van der Waals surface area contributed by atoms with Gasteiger partial charge in [0.15, 0.2) is 0 Å². The number of imidazole rings is 1. The molecule has 1 aromatic rings. The molecule has 0 saturated carbocycles. The molecule has 1 N–H and O–H groups in total. The Hall–Kier alpha value is -1.18. The summed E-state index contributed by atoms with van der Waals surface area (Å²) in [7, 11) is -2.22. The van der Waals surface area contributed by atoms with Crippen LogP contribution in [0, 0.1) is 0 Å². The van der Waals surface area contributed by atoms with Gasteiger partial charge in [-0.1, -0.05) is 19.4 Å². The Kier molecular flexibility index (Phi) is 8.27. The first-order chi connectivity index (χ1) is 8.40. The van der Waals surface area contributed by atoms with Crippen molar-refractivity contribution < 1.29 is 17.2 Å². The highest BCUT2D eigenvalue weighted by Gasteiger charge is 2.01. The molecule has 0 aromatic carbocycles. The molecule has 0 amide bonds. The van der Waals surface area contributed by atoms with Gasteiger partial charge in [-0.25, -0.2) is 9.17 Å². The van der Waals surface area contributed by atoms with Gasteiger partial charge in [-0.3, -0.25) is 4.55 Å². The summed E-state index contributed by atoms with van der Waals surface area (Å²) in [5, 5.41) is 0. The second kappa shape index (κ2) is 8.84. The molecule has 0 bridgehead atoms. The average molecular weight is 276 g/mol. The van der Waals surface area contributed by atoms with Gasteiger partial charge in [0, 0.05) is 25.9 Å². The van der Waals surface area contributed by atoms with E-state index in [4.69, 9.17) is 4.55 Å². The summed E-state index contributed by atoms with van der Waals surface area (Å²) in [5.74, 6) is 1.06. The van der Waals surface area contributed by atoms with Crippen LogP contribution in [0.2, 0.25) is 0 Å². The summed E-state index contributed by atoms with van der Waals surface area (Å²) in [6.07, 6.45) is 7.90. The van der Waals surface area contributed by atoms with E-state index in [-0.39, 0.29) is 6.61 Å². The maximum Gasteiger partial charge on any atom is 0.397 e. The molecule has 0 aliphatic heterocycles. The second-order valence-corrected chi connectivity index (χ2v) is 4.64. The lowest BCUT2D eigenvalue weighted by molar-refractivity contribution is 0.264. The zero-order valence-corrected chi connectivity index (χ0v) is 11.6. The largest absolute Gasteiger partial charge is 0.397 e. The maximum absolute atomic E-state index is 9.84. The molecule has 0 spiro atoms. The van der Waals surface area contributed by atoms with E-state index in [0.717, 1.165) is 18.7 Å². The van der Waals surface area contributed by atoms with Crippen molar-refractivity contribution in [3.63, 3.8) is 0 Å². The highest BCUT2D eigenvalue weighted by atomic mass is 32.3. The highest BCUT2D eigenvalue weighted by molar-refractivity contribution is 7.80. The first kappa shape index (κ1) is 16.8. The Morgan fingerprint density at radius 2 is 2.28 bits per heavy atom. The summed E-state index contributed by atoms with van der Waals surface area (Å²) in [5.41, 5.74) is 0. The second-order valence-electron chi connectivity index (χ2n) is 3.55. The lowest BCUT2D eigenvalue weighted by Gasteiger charge is -1.95. The first-order valence-electron chi connectivity index (χ1n) is 5.59. The van der Waals surface area contributed by atoms with E-state index in [9.17, 15) is 8.42 Å². The van der Waals surface area contributed by atoms with Crippen molar-refractivity contribution in [3.05, 3.63) is 30.9 Å². The van der Waals surface area contributed by atoms with Crippen LogP contribution in [0.4, 0.5) is 0 Å². The van der Waals surface area contributed by atoms with Gasteiger partial charge in [0.2, 0.25) is 0 Å². The van der Waals surface area contributed by atoms with Crippen molar-refractivity contribution in [1.82, 2.24) is 9.55 Å². The first-order valence-corrected chi connectivity index (χ1v) is 6.96. The highest BCUT2D eigenvalue weighted by Crippen LogP contribution is 1.94. The van der Waals surface area contributed by atoms with Crippen LogP contribution in [-0.2, 0) is 28.1 Å². The Morgan fingerprint density at radius 3 is 2.67 bits per heavy atom. The van der Waals surface area contributed by atoms with E-state index in [1.54, 1.807) is 6.20 Å². The molecule has 0 aliphatic rings. The number of hydrogen-bond acceptors (Lipinski definition) is 4. The normalized spacial score (nSPS) is 10.6. The summed E-state index contributed by atoms with van der Waals surface area (Å²) < 4.78 is 33.7. The molecule has 104 valence electrons. The molecule has 0 unspecified atom stereocenters. The van der Waals surface area contributed by atoms with Crippen molar-refractivity contribution in [2.24, 2.45) is 7.05 Å².